The van der Waals surface area contributed by atoms with Crippen molar-refractivity contribution in [1.82, 2.24) is 5.32 Å². The van der Waals surface area contributed by atoms with Gasteiger partial charge in [-0.25, -0.2) is 4.99 Å². The molecular weight excluding hydrogens is 244 g/mol. The van der Waals surface area contributed by atoms with Crippen LogP contribution in [-0.2, 0) is 4.74 Å². The molecule has 0 heterocycles. The van der Waals surface area contributed by atoms with E-state index in [1.165, 1.54) is 7.11 Å². The molecule has 0 aliphatic rings. The molecule has 0 unspecified atom stereocenters. The van der Waals surface area contributed by atoms with Crippen LogP contribution in [0.5, 0.6) is 5.75 Å². The number of hydrogen-bond donors (Lipinski definition) is 1. The van der Waals surface area contributed by atoms with E-state index in [-0.39, 0.29) is 18.0 Å². The van der Waals surface area contributed by atoms with E-state index in [1.807, 2.05) is 13.8 Å². The summed E-state index contributed by atoms with van der Waals surface area (Å²) in [4.78, 5) is 16.2. The second-order valence-corrected chi connectivity index (χ2v) is 4.08. The van der Waals surface area contributed by atoms with E-state index >= 15 is 0 Å². The van der Waals surface area contributed by atoms with Gasteiger partial charge in [-0.05, 0) is 37.6 Å². The van der Waals surface area contributed by atoms with Gasteiger partial charge in [0.15, 0.2) is 0 Å². The molecule has 0 saturated heterocycles. The van der Waals surface area contributed by atoms with Gasteiger partial charge in [0.05, 0.1) is 20.3 Å². The summed E-state index contributed by atoms with van der Waals surface area (Å²) < 4.78 is 10.1. The number of amides is 1. The highest BCUT2D eigenvalue weighted by atomic mass is 16.5. The van der Waals surface area contributed by atoms with Crippen LogP contribution in [0.15, 0.2) is 29.3 Å². The maximum Gasteiger partial charge on any atom is 0.291 e. The zero-order valence-corrected chi connectivity index (χ0v) is 11.8. The number of rotatable bonds is 4. The number of hydrogen-bond acceptors (Lipinski definition) is 4. The monoisotopic (exact) mass is 264 g/mol. The number of methoxy groups -OCH3 is 2. The van der Waals surface area contributed by atoms with Crippen LogP contribution < -0.4 is 10.1 Å². The van der Waals surface area contributed by atoms with E-state index in [0.717, 1.165) is 6.42 Å². The highest BCUT2D eigenvalue weighted by molar-refractivity contribution is 6.04. The largest absolute Gasteiger partial charge is 0.497 e. The molecule has 1 aromatic rings. The van der Waals surface area contributed by atoms with Gasteiger partial charge in [-0.2, -0.15) is 0 Å². The number of aliphatic imine (C=N–C) groups is 1. The third kappa shape index (κ3) is 4.62. The van der Waals surface area contributed by atoms with Gasteiger partial charge >= 0.3 is 0 Å². The highest BCUT2D eigenvalue weighted by Crippen LogP contribution is 2.11. The van der Waals surface area contributed by atoms with Crippen molar-refractivity contribution < 1.29 is 14.3 Å². The van der Waals surface area contributed by atoms with E-state index < -0.39 is 0 Å². The smallest absolute Gasteiger partial charge is 0.291 e. The molecule has 5 nitrogen and oxygen atoms in total. The number of nitrogens with one attached hydrogen (secondary N) is 1. The number of nitrogens with zero attached hydrogens (tertiary/aromatic N) is 1. The highest BCUT2D eigenvalue weighted by Gasteiger charge is 2.10. The van der Waals surface area contributed by atoms with Crippen LogP contribution in [0.2, 0.25) is 0 Å². The van der Waals surface area contributed by atoms with Crippen molar-refractivity contribution in [2.45, 2.75) is 26.3 Å². The third-order valence-corrected chi connectivity index (χ3v) is 2.69. The minimum absolute atomic E-state index is 0.103. The van der Waals surface area contributed by atoms with E-state index in [2.05, 4.69) is 10.3 Å². The zero-order valence-electron chi connectivity index (χ0n) is 11.8. The van der Waals surface area contributed by atoms with E-state index in [9.17, 15) is 4.79 Å². The summed E-state index contributed by atoms with van der Waals surface area (Å²) in [7, 11) is 3.06. The summed E-state index contributed by atoms with van der Waals surface area (Å²) in [6.45, 7) is 3.98. The van der Waals surface area contributed by atoms with Crippen molar-refractivity contribution >= 4 is 11.9 Å². The molecule has 1 atom stereocenters. The van der Waals surface area contributed by atoms with E-state index in [0.29, 0.717) is 11.3 Å². The Bertz CT molecular complexity index is 441. The number of benzene rings is 1. The number of carbonyl (C=O) groups is 1. The van der Waals surface area contributed by atoms with Crippen molar-refractivity contribution in [2.24, 2.45) is 4.99 Å². The fraction of sp³-hybridized carbons (Fsp3) is 0.429. The molecular formula is C14H20N2O3. The molecule has 104 valence electrons. The SMILES string of the molecule is CC[C@@H](C)N=C(NC(=O)c1ccc(OC)cc1)OC. The lowest BCUT2D eigenvalue weighted by Crippen LogP contribution is -2.32. The third-order valence-electron chi connectivity index (χ3n) is 2.69. The first kappa shape index (κ1) is 15.0. The summed E-state index contributed by atoms with van der Waals surface area (Å²) in [6, 6.07) is 7.16. The molecule has 1 aromatic carbocycles. The minimum Gasteiger partial charge on any atom is -0.497 e. The predicted octanol–water partition coefficient (Wildman–Crippen LogP) is 2.23. The topological polar surface area (TPSA) is 59.9 Å². The van der Waals surface area contributed by atoms with Crippen molar-refractivity contribution in [3.63, 3.8) is 0 Å². The van der Waals surface area contributed by atoms with Crippen LogP contribution in [-0.4, -0.2) is 32.2 Å². The summed E-state index contributed by atoms with van der Waals surface area (Å²) in [6.07, 6.45) is 0.880. The Labute approximate surface area is 113 Å². The molecule has 0 saturated carbocycles. The minimum atomic E-state index is -0.258. The second-order valence-electron chi connectivity index (χ2n) is 4.08. The van der Waals surface area contributed by atoms with Crippen LogP contribution in [0.3, 0.4) is 0 Å². The van der Waals surface area contributed by atoms with Gasteiger partial charge in [-0.1, -0.05) is 6.92 Å². The molecule has 0 radical (unpaired) electrons. The summed E-state index contributed by atoms with van der Waals surface area (Å²) in [5.41, 5.74) is 0.523. The fourth-order valence-corrected chi connectivity index (χ4v) is 1.34. The first-order valence-electron chi connectivity index (χ1n) is 6.17. The number of ether oxygens (including phenoxy) is 2. The van der Waals surface area contributed by atoms with Gasteiger partial charge in [-0.15, -0.1) is 0 Å². The molecule has 0 aromatic heterocycles. The van der Waals surface area contributed by atoms with E-state index in [1.54, 1.807) is 31.4 Å². The summed E-state index contributed by atoms with van der Waals surface area (Å²) in [5.74, 6) is 0.448. The Balaban J connectivity index is 2.74. The summed E-state index contributed by atoms with van der Waals surface area (Å²) in [5, 5.41) is 2.63. The zero-order chi connectivity index (χ0) is 14.3. The number of amidine groups is 1. The first-order chi connectivity index (χ1) is 9.10. The van der Waals surface area contributed by atoms with Crippen molar-refractivity contribution in [3.8, 4) is 5.75 Å². The van der Waals surface area contributed by atoms with Gasteiger partial charge in [0.1, 0.15) is 5.75 Å². The average molecular weight is 264 g/mol. The normalized spacial score (nSPS) is 12.7. The molecule has 19 heavy (non-hydrogen) atoms. The van der Waals surface area contributed by atoms with E-state index in [4.69, 9.17) is 9.47 Å². The lowest BCUT2D eigenvalue weighted by molar-refractivity contribution is 0.0968. The Hall–Kier alpha value is -2.04. The lowest BCUT2D eigenvalue weighted by atomic mass is 10.2. The molecule has 0 fully saturated rings. The molecule has 1 rings (SSSR count). The summed E-state index contributed by atoms with van der Waals surface area (Å²) >= 11 is 0. The Morgan fingerprint density at radius 3 is 2.42 bits per heavy atom. The predicted molar refractivity (Wildman–Crippen MR) is 74.7 cm³/mol. The molecule has 5 heteroatoms. The van der Waals surface area contributed by atoms with Crippen LogP contribution in [0.25, 0.3) is 0 Å². The molecule has 1 N–H and O–H groups in total. The molecule has 0 bridgehead atoms. The van der Waals surface area contributed by atoms with Gasteiger partial charge in [0.2, 0.25) is 0 Å². The van der Waals surface area contributed by atoms with Crippen LogP contribution in [0.4, 0.5) is 0 Å². The molecule has 0 aliphatic heterocycles. The maximum atomic E-state index is 12.0. The number of carbonyl (C=O) groups excluding carboxylic acids is 1. The Morgan fingerprint density at radius 2 is 1.95 bits per heavy atom. The second kappa shape index (κ2) is 7.41. The Morgan fingerprint density at radius 1 is 1.32 bits per heavy atom. The molecule has 0 spiro atoms. The maximum absolute atomic E-state index is 12.0. The fourth-order valence-electron chi connectivity index (χ4n) is 1.34. The van der Waals surface area contributed by atoms with Gasteiger partial charge in [0.25, 0.3) is 11.9 Å². The van der Waals surface area contributed by atoms with Crippen molar-refractivity contribution in [3.05, 3.63) is 29.8 Å². The van der Waals surface area contributed by atoms with Gasteiger partial charge in [0, 0.05) is 5.56 Å². The average Bonchev–Trinajstić information content (AvgIpc) is 2.46. The Kier molecular flexibility index (Phi) is 5.85. The van der Waals surface area contributed by atoms with Crippen molar-refractivity contribution in [2.75, 3.05) is 14.2 Å². The van der Waals surface area contributed by atoms with Crippen LogP contribution >= 0.6 is 0 Å². The molecule has 0 aliphatic carbocycles. The first-order valence-corrected chi connectivity index (χ1v) is 6.17. The quantitative estimate of drug-likeness (QED) is 0.670. The lowest BCUT2D eigenvalue weighted by Gasteiger charge is -2.10. The molecule has 1 amide bonds. The standard InChI is InChI=1S/C14H20N2O3/c1-5-10(2)15-14(19-4)16-13(17)11-6-8-12(18-3)9-7-11/h6-10H,5H2,1-4H3,(H,15,16,17)/t10-/m1/s1. The van der Waals surface area contributed by atoms with Crippen molar-refractivity contribution in [1.29, 1.82) is 0 Å². The van der Waals surface area contributed by atoms with Crippen LogP contribution in [0.1, 0.15) is 30.6 Å². The van der Waals surface area contributed by atoms with Gasteiger partial charge in [-0.3, -0.25) is 10.1 Å². The van der Waals surface area contributed by atoms with Crippen LogP contribution in [0, 0.1) is 0 Å². The van der Waals surface area contributed by atoms with Gasteiger partial charge < -0.3 is 9.47 Å².